The number of H-pyrrole nitrogens is 2. The summed E-state index contributed by atoms with van der Waals surface area (Å²) in [5.74, 6) is 2.26. The normalized spacial score (nSPS) is 16.9. The summed E-state index contributed by atoms with van der Waals surface area (Å²) in [5.41, 5.74) is 7.09. The number of aromatic amines is 2. The Morgan fingerprint density at radius 2 is 1.68 bits per heavy atom. The van der Waals surface area contributed by atoms with Crippen molar-refractivity contribution in [1.29, 1.82) is 0 Å². The lowest BCUT2D eigenvalue weighted by molar-refractivity contribution is -0.134. The highest BCUT2D eigenvalue weighted by atomic mass is 16.5. The summed E-state index contributed by atoms with van der Waals surface area (Å²) in [6.45, 7) is 7.42. The van der Waals surface area contributed by atoms with Crippen molar-refractivity contribution in [2.24, 2.45) is 11.8 Å². The number of rotatable bonds is 13. The Morgan fingerprint density at radius 1 is 0.900 bits per heavy atom. The summed E-state index contributed by atoms with van der Waals surface area (Å²) in [6.07, 6.45) is 1.15. The molecular formula is C45H48N8O7. The minimum Gasteiger partial charge on any atom is -0.488 e. The predicted molar refractivity (Wildman–Crippen MR) is 224 cm³/mol. The third kappa shape index (κ3) is 7.94. The number of aromatic nitrogens is 4. The van der Waals surface area contributed by atoms with E-state index in [4.69, 9.17) is 14.5 Å². The van der Waals surface area contributed by atoms with Crippen LogP contribution in [0.2, 0.25) is 0 Å². The van der Waals surface area contributed by atoms with Crippen molar-refractivity contribution in [3.8, 4) is 28.1 Å². The lowest BCUT2D eigenvalue weighted by Crippen LogP contribution is -2.43. The second-order valence-corrected chi connectivity index (χ2v) is 15.4. The first-order valence-corrected chi connectivity index (χ1v) is 20.1. The molecular weight excluding hydrogens is 765 g/mol. The van der Waals surface area contributed by atoms with Gasteiger partial charge in [0.05, 0.1) is 50.2 Å². The summed E-state index contributed by atoms with van der Waals surface area (Å²) < 4.78 is 15.9. The van der Waals surface area contributed by atoms with E-state index in [0.29, 0.717) is 55.2 Å². The van der Waals surface area contributed by atoms with Gasteiger partial charge in [0.15, 0.2) is 0 Å². The van der Waals surface area contributed by atoms with Gasteiger partial charge in [-0.05, 0) is 70.2 Å². The fourth-order valence-corrected chi connectivity index (χ4v) is 8.23. The molecule has 60 heavy (non-hydrogen) atoms. The van der Waals surface area contributed by atoms with E-state index < -0.39 is 18.2 Å². The van der Waals surface area contributed by atoms with E-state index in [2.05, 4.69) is 74.5 Å². The van der Waals surface area contributed by atoms with Crippen molar-refractivity contribution in [2.45, 2.75) is 59.0 Å². The van der Waals surface area contributed by atoms with Crippen molar-refractivity contribution in [3.05, 3.63) is 102 Å². The molecule has 3 heterocycles. The fraction of sp³-hybridized carbons (Fsp3) is 0.333. The Hall–Kier alpha value is -6.90. The fourth-order valence-electron chi connectivity index (χ4n) is 8.23. The number of hydrogen-bond acceptors (Lipinski definition) is 9. The summed E-state index contributed by atoms with van der Waals surface area (Å²) in [7, 11) is 2.54. The second-order valence-electron chi connectivity index (χ2n) is 15.4. The molecule has 6 aromatic rings. The van der Waals surface area contributed by atoms with Gasteiger partial charge in [0, 0.05) is 23.5 Å². The van der Waals surface area contributed by atoms with Crippen LogP contribution in [0, 0.1) is 11.8 Å². The zero-order valence-corrected chi connectivity index (χ0v) is 34.2. The molecule has 1 fully saturated rings. The Kier molecular flexibility index (Phi) is 11.1. The highest BCUT2D eigenvalue weighted by Crippen LogP contribution is 2.44. The van der Waals surface area contributed by atoms with Crippen molar-refractivity contribution in [1.82, 2.24) is 40.4 Å². The molecule has 2 aromatic heterocycles. The van der Waals surface area contributed by atoms with Gasteiger partial charge in [-0.1, -0.05) is 69.3 Å². The maximum absolute atomic E-state index is 14.0. The molecule has 4 N–H and O–H groups in total. The summed E-state index contributed by atoms with van der Waals surface area (Å²) in [4.78, 5) is 71.0. The third-order valence-electron chi connectivity index (χ3n) is 11.6. The number of benzene rings is 4. The highest BCUT2D eigenvalue weighted by Gasteiger charge is 2.48. The molecule has 1 aliphatic heterocycles. The van der Waals surface area contributed by atoms with Gasteiger partial charge in [-0.25, -0.2) is 19.6 Å². The molecule has 4 atom stereocenters. The zero-order chi connectivity index (χ0) is 42.1. The average Bonchev–Trinajstić information content (AvgIpc) is 3.60. The molecule has 0 spiro atoms. The lowest BCUT2D eigenvalue weighted by Gasteiger charge is -2.27. The number of alkyl carbamates (subject to hydrolysis) is 2. The predicted octanol–water partition coefficient (Wildman–Crippen LogP) is 6.84. The van der Waals surface area contributed by atoms with E-state index in [1.54, 1.807) is 28.1 Å². The number of hydrogen-bond donors (Lipinski definition) is 4. The van der Waals surface area contributed by atoms with E-state index in [1.807, 2.05) is 37.3 Å². The van der Waals surface area contributed by atoms with Crippen molar-refractivity contribution in [3.63, 3.8) is 0 Å². The number of imidazole rings is 2. The Balaban J connectivity index is 1.02. The van der Waals surface area contributed by atoms with Crippen LogP contribution in [0.4, 0.5) is 9.59 Å². The van der Waals surface area contributed by atoms with E-state index in [0.717, 1.165) is 55.5 Å². The van der Waals surface area contributed by atoms with E-state index in [1.165, 1.54) is 14.2 Å². The first-order chi connectivity index (χ1) is 29.1. The van der Waals surface area contributed by atoms with Crippen LogP contribution in [0.1, 0.15) is 56.0 Å². The largest absolute Gasteiger partial charge is 0.488 e. The van der Waals surface area contributed by atoms with Crippen molar-refractivity contribution < 1.29 is 33.4 Å². The van der Waals surface area contributed by atoms with Gasteiger partial charge in [-0.15, -0.1) is 0 Å². The van der Waals surface area contributed by atoms with Gasteiger partial charge in [0.2, 0.25) is 11.8 Å². The van der Waals surface area contributed by atoms with Crippen LogP contribution in [0.25, 0.3) is 44.2 Å². The smallest absolute Gasteiger partial charge is 0.407 e. The molecule has 2 aliphatic rings. The maximum atomic E-state index is 14.0. The topological polar surface area (TPSA) is 184 Å². The van der Waals surface area contributed by atoms with Gasteiger partial charge in [-0.2, -0.15) is 0 Å². The minimum atomic E-state index is -0.924. The van der Waals surface area contributed by atoms with Crippen molar-refractivity contribution >= 4 is 45.8 Å². The van der Waals surface area contributed by atoms with Crippen LogP contribution < -0.4 is 15.4 Å². The minimum absolute atomic E-state index is 0.0667. The molecule has 15 nitrogen and oxygen atoms in total. The molecule has 4 amide bonds. The van der Waals surface area contributed by atoms with Crippen LogP contribution in [0.5, 0.6) is 5.75 Å². The average molecular weight is 813 g/mol. The molecule has 15 heteroatoms. The number of carbonyl (C=O) groups excluding carboxylic acids is 4. The number of amides is 4. The van der Waals surface area contributed by atoms with Gasteiger partial charge in [0.25, 0.3) is 0 Å². The standard InChI is InChI=1S/C45H48N8O7/c1-6-16-52(43(55)40(51-45(57)59-5)27-10-8-7-9-11-27)22-38-48-34-15-13-28-18-33-31-14-12-29(17-30(31)24-60-36(33)19-32(28)41(34)50-38)35-20-46-37(49-35)23-53(42-25(2)26(42)3)39(54)21-47-44(56)58-4/h7-15,17-20,25-26,40,42H,6,16,21-24H2,1-5H3,(H,46,49)(H,47,56)(H,48,50)(H,51,57)/t25-,26?,40-,42?/m1/s1. The Morgan fingerprint density at radius 3 is 2.42 bits per heavy atom. The zero-order valence-electron chi connectivity index (χ0n) is 34.2. The van der Waals surface area contributed by atoms with E-state index >= 15 is 0 Å². The highest BCUT2D eigenvalue weighted by molar-refractivity contribution is 6.07. The van der Waals surface area contributed by atoms with Crippen LogP contribution >= 0.6 is 0 Å². The van der Waals surface area contributed by atoms with Crippen LogP contribution in [0.15, 0.2) is 79.0 Å². The maximum Gasteiger partial charge on any atom is 0.407 e. The SMILES string of the molecule is CCCN(Cc1nc2c(ccc3cc4c(cc32)OCc2cc(-c3cnc(CN(C(=O)CNC(=O)OC)C5C(C)[C@H]5C)[nH]3)ccc2-4)[nH]1)C(=O)[C@H](NC(=O)OC)c1ccccc1. The Bertz CT molecular complexity index is 2580. The van der Waals surface area contributed by atoms with Gasteiger partial charge >= 0.3 is 12.2 Å². The van der Waals surface area contributed by atoms with Crippen LogP contribution in [0.3, 0.4) is 0 Å². The Labute approximate surface area is 346 Å². The van der Waals surface area contributed by atoms with Crippen LogP contribution in [-0.4, -0.2) is 87.1 Å². The molecule has 0 saturated heterocycles. The van der Waals surface area contributed by atoms with Gasteiger partial charge in [0.1, 0.15) is 36.6 Å². The molecule has 4 aromatic carbocycles. The number of nitrogens with zero attached hydrogens (tertiary/aromatic N) is 4. The summed E-state index contributed by atoms with van der Waals surface area (Å²) in [5, 5.41) is 7.12. The molecule has 0 radical (unpaired) electrons. The number of nitrogens with one attached hydrogen (secondary N) is 4. The summed E-state index contributed by atoms with van der Waals surface area (Å²) in [6, 6.07) is 22.7. The van der Waals surface area contributed by atoms with E-state index in [9.17, 15) is 19.2 Å². The van der Waals surface area contributed by atoms with E-state index in [-0.39, 0.29) is 30.9 Å². The molecule has 2 unspecified atom stereocenters. The first-order valence-electron chi connectivity index (χ1n) is 20.1. The number of methoxy groups -OCH3 is 2. The molecule has 0 bridgehead atoms. The number of fused-ring (bicyclic) bond motifs is 6. The monoisotopic (exact) mass is 812 g/mol. The third-order valence-corrected chi connectivity index (χ3v) is 11.6. The van der Waals surface area contributed by atoms with Gasteiger partial charge in [-0.3, -0.25) is 9.59 Å². The van der Waals surface area contributed by atoms with Crippen LogP contribution in [-0.2, 0) is 38.8 Å². The molecule has 1 saturated carbocycles. The molecule has 1 aliphatic carbocycles. The number of ether oxygens (including phenoxy) is 3. The first kappa shape index (κ1) is 39.9. The van der Waals surface area contributed by atoms with Crippen molar-refractivity contribution in [2.75, 3.05) is 27.3 Å². The quantitative estimate of drug-likeness (QED) is 0.0970. The lowest BCUT2D eigenvalue weighted by atomic mass is 9.92. The van der Waals surface area contributed by atoms with Gasteiger partial charge < -0.3 is 44.6 Å². The molecule has 8 rings (SSSR count). The number of carbonyl (C=O) groups is 4. The second kappa shape index (κ2) is 16.8. The summed E-state index contributed by atoms with van der Waals surface area (Å²) >= 11 is 0. The molecule has 310 valence electrons.